The van der Waals surface area contributed by atoms with Crippen molar-refractivity contribution in [3.05, 3.63) is 104 Å². The molecule has 0 radical (unpaired) electrons. The van der Waals surface area contributed by atoms with Crippen LogP contribution in [0.25, 0.3) is 22.6 Å². The zero-order valence-electron chi connectivity index (χ0n) is 56.0. The molecule has 6 aliphatic rings. The molecule has 0 bridgehead atoms. The summed E-state index contributed by atoms with van der Waals surface area (Å²) < 4.78 is 18.3. The van der Waals surface area contributed by atoms with Gasteiger partial charge >= 0.3 is 11.9 Å². The Labute approximate surface area is 563 Å². The van der Waals surface area contributed by atoms with Crippen LogP contribution >= 0.6 is 0 Å². The number of likely N-dealkylation sites (N-methyl/N-ethyl adjacent to an activating group) is 2. The van der Waals surface area contributed by atoms with Gasteiger partial charge in [-0.25, -0.2) is 14.6 Å². The van der Waals surface area contributed by atoms with E-state index < -0.39 is 179 Å². The number of nitrogen functional groups attached to an aromatic ring is 1. The van der Waals surface area contributed by atoms with Gasteiger partial charge in [-0.2, -0.15) is 0 Å². The number of amides is 10. The highest BCUT2D eigenvalue weighted by atomic mass is 16.6. The van der Waals surface area contributed by atoms with Crippen LogP contribution in [-0.2, 0) is 70.3 Å². The van der Waals surface area contributed by atoms with Crippen LogP contribution in [0.1, 0.15) is 110 Å². The van der Waals surface area contributed by atoms with Crippen LogP contribution in [0, 0.1) is 25.7 Å². The van der Waals surface area contributed by atoms with Crippen molar-refractivity contribution in [1.29, 1.82) is 0 Å². The molecule has 10 N–H and O–H groups in total. The highest BCUT2D eigenvalue weighted by molar-refractivity contribution is 6.10. The minimum absolute atomic E-state index is 0.0841. The maximum atomic E-state index is 15.3. The number of cyclic esters (lactones) is 2. The molecule has 5 heterocycles. The standard InChI is InChI=1S/C68H82N12O18/c1-31(2)50-65(92)79-25-11-13-44(79)63(90)77(9)29-46(83)70-42(27-37-16-20-39(81)21-17-37)67(94)96-35(7)52(61(88)73-50)75-59(86)41-24-15-33(5)57-54(41)72-55-48(49(69)56(85)34(6)58(55)98-57)60(87)76-53-36(8)97-68(95)43(28-38-18-22-40(82)23-19-38)71-47(84)30-78(10)64(91)45-14-12-26-80(45)66(93)51(32(3)4)74-62(53)89/h15-24,31-32,35-36,42-45,50-53,81-82H,11-14,25-30,69H2,1-10H3,(H,70,83)(H,71,84)(H,73,88)(H,74,89)(H,75,86)(H,76,87)/t35-,36-,42-,43-,44+,45+,50-,51-,52+,53+/m1/s1. The first-order chi connectivity index (χ1) is 46.3. The van der Waals surface area contributed by atoms with Crippen molar-refractivity contribution in [3.63, 3.8) is 0 Å². The van der Waals surface area contributed by atoms with Gasteiger partial charge in [0.1, 0.15) is 83.3 Å². The van der Waals surface area contributed by atoms with Crippen molar-refractivity contribution in [2.75, 3.05) is 46.0 Å². The Kier molecular flexibility index (Phi) is 21.7. The fourth-order valence-electron chi connectivity index (χ4n) is 12.6. The van der Waals surface area contributed by atoms with E-state index in [0.29, 0.717) is 29.5 Å². The Hall–Kier alpha value is -10.7. The number of hydrogen-bond donors (Lipinski definition) is 9. The van der Waals surface area contributed by atoms with Crippen LogP contribution in [0.3, 0.4) is 0 Å². The van der Waals surface area contributed by atoms with Crippen LogP contribution < -0.4 is 43.1 Å². The second kappa shape index (κ2) is 29.8. The largest absolute Gasteiger partial charge is 0.508 e. The second-order valence-corrected chi connectivity index (χ2v) is 26.1. The third kappa shape index (κ3) is 15.4. The van der Waals surface area contributed by atoms with E-state index in [0.717, 1.165) is 9.80 Å². The van der Waals surface area contributed by atoms with Gasteiger partial charge in [-0.05, 0) is 112 Å². The second-order valence-electron chi connectivity index (χ2n) is 26.1. The number of benzene rings is 4. The number of nitrogens with zero attached hydrogens (tertiary/aromatic N) is 5. The highest BCUT2D eigenvalue weighted by Gasteiger charge is 2.46. The molecule has 98 heavy (non-hydrogen) atoms. The van der Waals surface area contributed by atoms with E-state index in [1.165, 1.54) is 105 Å². The monoisotopic (exact) mass is 1350 g/mol. The predicted octanol–water partition coefficient (Wildman–Crippen LogP) is 0.626. The summed E-state index contributed by atoms with van der Waals surface area (Å²) in [5.41, 5.74) is 4.11. The first kappa shape index (κ1) is 71.6. The number of carbonyl (C=O) groups excluding carboxylic acids is 12. The molecule has 9 rings (SSSR count). The summed E-state index contributed by atoms with van der Waals surface area (Å²) in [4.78, 5) is 198. The summed E-state index contributed by atoms with van der Waals surface area (Å²) >= 11 is 0. The zero-order chi connectivity index (χ0) is 71.5. The SMILES string of the molecule is Cc1c2oc3c(C)ccc(C(=O)N[C@@H]4C(=O)N[C@H](C(C)C)C(=O)N5CCC[C@H]5C(=O)N(C)CC(=O)N[C@H](Cc5ccc(O)cc5)C(=O)O[C@@H]4C)c3nc-2c(C(=O)N[C@@H]2C(=O)N[C@H](C(C)C)C(=O)N3CCC[C@H]3C(=O)N(C)CC(=O)N[C@H](Cc3ccc(O)cc3)C(=O)O[C@@H]2C)c(N)c1=O. The maximum Gasteiger partial charge on any atom is 0.329 e. The number of carbonyl (C=O) groups is 12. The van der Waals surface area contributed by atoms with Crippen LogP contribution in [0.4, 0.5) is 5.69 Å². The molecule has 0 saturated carbocycles. The van der Waals surface area contributed by atoms with Gasteiger partial charge in [0.2, 0.25) is 52.7 Å². The van der Waals surface area contributed by atoms with Crippen molar-refractivity contribution >= 4 is 87.8 Å². The average Bonchev–Trinajstić information content (AvgIpc) is 0.888. The number of phenolic OH excluding ortho intramolecular Hbond substituents is 2. The van der Waals surface area contributed by atoms with E-state index >= 15 is 14.4 Å². The number of nitrogens with one attached hydrogen (secondary N) is 6. The Bertz CT molecular complexity index is 4030. The lowest BCUT2D eigenvalue weighted by molar-refractivity contribution is -0.156. The average molecular weight is 1360 g/mol. The molecule has 0 unspecified atom stereocenters. The molecule has 30 nitrogen and oxygen atoms in total. The highest BCUT2D eigenvalue weighted by Crippen LogP contribution is 2.35. The summed E-state index contributed by atoms with van der Waals surface area (Å²) in [5.74, 6) is -12.5. The number of esters is 2. The minimum atomic E-state index is -1.96. The number of anilines is 1. The fourth-order valence-corrected chi connectivity index (χ4v) is 12.6. The van der Waals surface area contributed by atoms with Crippen molar-refractivity contribution in [1.82, 2.24) is 56.5 Å². The third-order valence-electron chi connectivity index (χ3n) is 18.2. The number of nitrogens with two attached hydrogens (primary N) is 1. The van der Waals surface area contributed by atoms with Gasteiger partial charge in [-0.3, -0.25) is 52.7 Å². The quantitative estimate of drug-likeness (QED) is 0.0526. The van der Waals surface area contributed by atoms with Gasteiger partial charge in [0.05, 0.1) is 29.9 Å². The number of hydrogen-bond acceptors (Lipinski definition) is 20. The predicted molar refractivity (Wildman–Crippen MR) is 350 cm³/mol. The van der Waals surface area contributed by atoms with Gasteiger partial charge in [0, 0.05) is 45.6 Å². The fraction of sp³-hybridized carbons (Fsp3) is 0.471. The number of phenols is 2. The van der Waals surface area contributed by atoms with Crippen molar-refractivity contribution in [2.24, 2.45) is 11.8 Å². The van der Waals surface area contributed by atoms with Crippen LogP contribution in [0.2, 0.25) is 0 Å². The van der Waals surface area contributed by atoms with Crippen LogP contribution in [-0.4, -0.2) is 207 Å². The van der Waals surface area contributed by atoms with E-state index in [1.807, 2.05) is 0 Å². The van der Waals surface area contributed by atoms with Gasteiger partial charge in [-0.15, -0.1) is 0 Å². The third-order valence-corrected chi connectivity index (χ3v) is 18.2. The molecule has 5 aliphatic heterocycles. The van der Waals surface area contributed by atoms with Crippen molar-refractivity contribution in [3.8, 4) is 23.0 Å². The molecular formula is C68H82N12O18. The Morgan fingerprint density at radius 2 is 1.04 bits per heavy atom. The number of aromatic nitrogens is 1. The maximum absolute atomic E-state index is 15.3. The summed E-state index contributed by atoms with van der Waals surface area (Å²) in [5, 5.41) is 35.9. The molecule has 3 aromatic rings. The Morgan fingerprint density at radius 3 is 1.47 bits per heavy atom. The lowest BCUT2D eigenvalue weighted by Crippen LogP contribution is -2.61. The van der Waals surface area contributed by atoms with E-state index in [-0.39, 0.29) is 78.3 Å². The van der Waals surface area contributed by atoms with Gasteiger partial charge in [-0.1, -0.05) is 58.0 Å². The molecule has 10 amide bonds. The first-order valence-corrected chi connectivity index (χ1v) is 32.4. The summed E-state index contributed by atoms with van der Waals surface area (Å²) in [6.07, 6.45) is -2.44. The number of rotatable bonds is 10. The van der Waals surface area contributed by atoms with E-state index in [4.69, 9.17) is 24.6 Å². The van der Waals surface area contributed by atoms with Gasteiger partial charge in [0.15, 0.2) is 11.3 Å². The topological polar surface area (TPSA) is 418 Å². The van der Waals surface area contributed by atoms with Gasteiger partial charge in [0.25, 0.3) is 11.8 Å². The normalized spacial score (nSPS) is 24.6. The van der Waals surface area contributed by atoms with E-state index in [1.54, 1.807) is 34.6 Å². The van der Waals surface area contributed by atoms with E-state index in [9.17, 15) is 58.2 Å². The summed E-state index contributed by atoms with van der Waals surface area (Å²) in [7, 11) is 2.75. The van der Waals surface area contributed by atoms with Crippen molar-refractivity contribution in [2.45, 2.75) is 154 Å². The molecule has 0 spiro atoms. The number of aromatic hydroxyl groups is 2. The lowest BCUT2D eigenvalue weighted by atomic mass is 9.98. The molecule has 1 aliphatic carbocycles. The first-order valence-electron chi connectivity index (χ1n) is 32.4. The van der Waals surface area contributed by atoms with Crippen LogP contribution in [0.15, 0.2) is 69.9 Å². The smallest absolute Gasteiger partial charge is 0.329 e. The molecule has 522 valence electrons. The Balaban J connectivity index is 1.11. The van der Waals surface area contributed by atoms with Crippen LogP contribution in [0.5, 0.6) is 11.5 Å². The molecule has 4 fully saturated rings. The molecular weight excluding hydrogens is 1270 g/mol. The Morgan fingerprint density at radius 1 is 0.612 bits per heavy atom. The number of fused-ring (bicyclic) bond motifs is 4. The molecule has 30 heteroatoms. The number of aryl methyl sites for hydroxylation is 1. The van der Waals surface area contributed by atoms with Gasteiger partial charge < -0.3 is 81.3 Å². The number of ether oxygens (including phenoxy) is 2. The molecule has 3 aromatic carbocycles. The summed E-state index contributed by atoms with van der Waals surface area (Å²) in [6.45, 7) is 11.2. The summed E-state index contributed by atoms with van der Waals surface area (Å²) in [6, 6.07) is 2.63. The molecule has 4 saturated heterocycles. The molecule has 0 aromatic heterocycles. The van der Waals surface area contributed by atoms with Crippen molar-refractivity contribution < 1.29 is 81.6 Å². The lowest BCUT2D eigenvalue weighted by Gasteiger charge is -2.34. The zero-order valence-corrected chi connectivity index (χ0v) is 56.0. The minimum Gasteiger partial charge on any atom is -0.508 e. The van der Waals surface area contributed by atoms with E-state index in [2.05, 4.69) is 31.9 Å². The molecule has 10 atom stereocenters.